The van der Waals surface area contributed by atoms with Gasteiger partial charge in [-0.2, -0.15) is 12.6 Å². The van der Waals surface area contributed by atoms with Crippen LogP contribution < -0.4 is 0 Å². The molecule has 0 spiro atoms. The smallest absolute Gasteiger partial charge is 0.00727 e. The van der Waals surface area contributed by atoms with Crippen molar-refractivity contribution in [3.8, 4) is 0 Å². The van der Waals surface area contributed by atoms with Gasteiger partial charge in [-0.05, 0) is 26.3 Å². The Morgan fingerprint density at radius 1 is 1.50 bits per heavy atom. The van der Waals surface area contributed by atoms with Gasteiger partial charge in [-0.1, -0.05) is 6.42 Å². The van der Waals surface area contributed by atoms with Crippen molar-refractivity contribution in [3.63, 3.8) is 0 Å². The van der Waals surface area contributed by atoms with Crippen LogP contribution in [0.3, 0.4) is 0 Å². The zero-order valence-corrected chi connectivity index (χ0v) is 7.61. The lowest BCUT2D eigenvalue weighted by Gasteiger charge is -2.32. The molecule has 1 heterocycles. The predicted molar refractivity (Wildman–Crippen MR) is 48.7 cm³/mol. The summed E-state index contributed by atoms with van der Waals surface area (Å²) in [6.45, 7) is 4.79. The maximum Gasteiger partial charge on any atom is 0.00727 e. The van der Waals surface area contributed by atoms with E-state index < -0.39 is 0 Å². The highest BCUT2D eigenvalue weighted by molar-refractivity contribution is 7.80. The normalized spacial score (nSPS) is 28.8. The van der Waals surface area contributed by atoms with Crippen LogP contribution in [-0.2, 0) is 0 Å². The van der Waals surface area contributed by atoms with Gasteiger partial charge in [0, 0.05) is 18.3 Å². The molecular weight excluding hydrogens is 142 g/mol. The van der Waals surface area contributed by atoms with E-state index in [0.717, 1.165) is 11.8 Å². The fourth-order valence-electron chi connectivity index (χ4n) is 1.62. The standard InChI is InChI=1S/C8H17NS/c1-8-4-2-3-5-9(8)6-7-10/h8,10H,2-7H2,1H3. The Hall–Kier alpha value is 0.310. The highest BCUT2D eigenvalue weighted by Crippen LogP contribution is 2.15. The summed E-state index contributed by atoms with van der Waals surface area (Å²) in [4.78, 5) is 2.54. The van der Waals surface area contributed by atoms with Crippen LogP contribution in [0, 0.1) is 0 Å². The summed E-state index contributed by atoms with van der Waals surface area (Å²) >= 11 is 4.23. The van der Waals surface area contributed by atoms with E-state index in [4.69, 9.17) is 0 Å². The van der Waals surface area contributed by atoms with Crippen molar-refractivity contribution >= 4 is 12.6 Å². The number of piperidine rings is 1. The molecule has 0 amide bonds. The molecule has 1 nitrogen and oxygen atoms in total. The number of thiol groups is 1. The molecule has 1 fully saturated rings. The second kappa shape index (κ2) is 4.24. The Morgan fingerprint density at radius 2 is 2.30 bits per heavy atom. The molecule has 2 heteroatoms. The van der Waals surface area contributed by atoms with Gasteiger partial charge in [0.05, 0.1) is 0 Å². The van der Waals surface area contributed by atoms with Crippen LogP contribution in [0.1, 0.15) is 26.2 Å². The fourth-order valence-corrected chi connectivity index (χ4v) is 1.88. The largest absolute Gasteiger partial charge is 0.300 e. The van der Waals surface area contributed by atoms with Crippen molar-refractivity contribution in [2.24, 2.45) is 0 Å². The van der Waals surface area contributed by atoms with Gasteiger partial charge < -0.3 is 0 Å². The number of nitrogens with zero attached hydrogens (tertiary/aromatic N) is 1. The molecule has 1 unspecified atom stereocenters. The van der Waals surface area contributed by atoms with E-state index in [1.807, 2.05) is 0 Å². The van der Waals surface area contributed by atoms with Crippen molar-refractivity contribution in [1.29, 1.82) is 0 Å². The zero-order chi connectivity index (χ0) is 7.40. The highest BCUT2D eigenvalue weighted by atomic mass is 32.1. The average Bonchev–Trinajstić information content (AvgIpc) is 1.94. The minimum atomic E-state index is 0.806. The molecule has 10 heavy (non-hydrogen) atoms. The van der Waals surface area contributed by atoms with E-state index in [0.29, 0.717) is 0 Å². The minimum absolute atomic E-state index is 0.806. The molecule has 0 aromatic heterocycles. The van der Waals surface area contributed by atoms with Crippen LogP contribution in [0.5, 0.6) is 0 Å². The number of hydrogen-bond donors (Lipinski definition) is 1. The SMILES string of the molecule is CC1CCCCN1CCS. The Labute approximate surface area is 69.2 Å². The molecule has 1 atom stereocenters. The lowest BCUT2D eigenvalue weighted by atomic mass is 10.0. The molecule has 1 rings (SSSR count). The van der Waals surface area contributed by atoms with Gasteiger partial charge >= 0.3 is 0 Å². The number of likely N-dealkylation sites (tertiary alicyclic amines) is 1. The van der Waals surface area contributed by atoms with E-state index in [1.165, 1.54) is 32.4 Å². The Balaban J connectivity index is 2.25. The molecule has 0 aromatic rings. The molecule has 1 aliphatic rings. The molecule has 60 valence electrons. The third-order valence-electron chi connectivity index (χ3n) is 2.33. The second-order valence-electron chi connectivity index (χ2n) is 3.10. The molecule has 1 saturated heterocycles. The van der Waals surface area contributed by atoms with Gasteiger partial charge in [0.15, 0.2) is 0 Å². The molecule has 0 N–H and O–H groups in total. The summed E-state index contributed by atoms with van der Waals surface area (Å²) in [6.07, 6.45) is 4.19. The first-order valence-electron chi connectivity index (χ1n) is 4.19. The Morgan fingerprint density at radius 3 is 2.90 bits per heavy atom. The summed E-state index contributed by atoms with van der Waals surface area (Å²) in [7, 11) is 0. The van der Waals surface area contributed by atoms with E-state index in [-0.39, 0.29) is 0 Å². The van der Waals surface area contributed by atoms with E-state index >= 15 is 0 Å². The van der Waals surface area contributed by atoms with Crippen molar-refractivity contribution < 1.29 is 0 Å². The van der Waals surface area contributed by atoms with Gasteiger partial charge in [0.2, 0.25) is 0 Å². The quantitative estimate of drug-likeness (QED) is 0.601. The first kappa shape index (κ1) is 8.41. The minimum Gasteiger partial charge on any atom is -0.300 e. The summed E-state index contributed by atoms with van der Waals surface area (Å²) in [5.41, 5.74) is 0. The molecule has 0 bridgehead atoms. The van der Waals surface area contributed by atoms with Gasteiger partial charge in [0.25, 0.3) is 0 Å². The van der Waals surface area contributed by atoms with Crippen LogP contribution in [0.25, 0.3) is 0 Å². The van der Waals surface area contributed by atoms with Crippen molar-refractivity contribution in [2.45, 2.75) is 32.2 Å². The molecular formula is C8H17NS. The lowest BCUT2D eigenvalue weighted by molar-refractivity contribution is 0.171. The van der Waals surface area contributed by atoms with Crippen molar-refractivity contribution in [3.05, 3.63) is 0 Å². The first-order chi connectivity index (χ1) is 4.84. The van der Waals surface area contributed by atoms with Crippen LogP contribution in [0.4, 0.5) is 0 Å². The van der Waals surface area contributed by atoms with Crippen LogP contribution >= 0.6 is 12.6 Å². The maximum atomic E-state index is 4.23. The average molecular weight is 159 g/mol. The molecule has 1 aliphatic heterocycles. The van der Waals surface area contributed by atoms with Gasteiger partial charge in [-0.15, -0.1) is 0 Å². The summed E-state index contributed by atoms with van der Waals surface area (Å²) < 4.78 is 0. The fraction of sp³-hybridized carbons (Fsp3) is 1.00. The second-order valence-corrected chi connectivity index (χ2v) is 3.55. The van der Waals surface area contributed by atoms with Gasteiger partial charge in [0.1, 0.15) is 0 Å². The first-order valence-corrected chi connectivity index (χ1v) is 4.82. The molecule has 0 aliphatic carbocycles. The summed E-state index contributed by atoms with van der Waals surface area (Å²) in [5, 5.41) is 0. The molecule has 0 saturated carbocycles. The number of hydrogen-bond acceptors (Lipinski definition) is 2. The summed E-state index contributed by atoms with van der Waals surface area (Å²) in [6, 6.07) is 0.806. The Kier molecular flexibility index (Phi) is 3.57. The van der Waals surface area contributed by atoms with Gasteiger partial charge in [-0.25, -0.2) is 0 Å². The molecule has 0 aromatic carbocycles. The summed E-state index contributed by atoms with van der Waals surface area (Å²) in [5.74, 6) is 1.00. The molecule has 0 radical (unpaired) electrons. The van der Waals surface area contributed by atoms with Gasteiger partial charge in [-0.3, -0.25) is 4.90 Å². The van der Waals surface area contributed by atoms with E-state index in [2.05, 4.69) is 24.5 Å². The van der Waals surface area contributed by atoms with Crippen LogP contribution in [0.15, 0.2) is 0 Å². The zero-order valence-electron chi connectivity index (χ0n) is 6.71. The van der Waals surface area contributed by atoms with Crippen LogP contribution in [-0.4, -0.2) is 29.8 Å². The van der Waals surface area contributed by atoms with Crippen molar-refractivity contribution in [1.82, 2.24) is 4.90 Å². The highest BCUT2D eigenvalue weighted by Gasteiger charge is 2.16. The third kappa shape index (κ3) is 2.17. The van der Waals surface area contributed by atoms with Crippen molar-refractivity contribution in [2.75, 3.05) is 18.8 Å². The lowest BCUT2D eigenvalue weighted by Crippen LogP contribution is -2.38. The Bertz CT molecular complexity index is 93.3. The topological polar surface area (TPSA) is 3.24 Å². The predicted octanol–water partition coefficient (Wildman–Crippen LogP) is 1.79. The maximum absolute atomic E-state index is 4.23. The van der Waals surface area contributed by atoms with E-state index in [9.17, 15) is 0 Å². The monoisotopic (exact) mass is 159 g/mol. The van der Waals surface area contributed by atoms with Crippen LogP contribution in [0.2, 0.25) is 0 Å². The number of rotatable bonds is 2. The third-order valence-corrected chi connectivity index (χ3v) is 2.53. The van der Waals surface area contributed by atoms with E-state index in [1.54, 1.807) is 0 Å².